The van der Waals surface area contributed by atoms with Gasteiger partial charge in [-0.2, -0.15) is 0 Å². The number of rotatable bonds is 1. The summed E-state index contributed by atoms with van der Waals surface area (Å²) in [5.41, 5.74) is 0.982. The molecule has 3 nitrogen and oxygen atoms in total. The molecule has 3 heteroatoms. The van der Waals surface area contributed by atoms with E-state index >= 15 is 0 Å². The average molecular weight is 228 g/mol. The maximum atomic E-state index is 11.1. The van der Waals surface area contributed by atoms with Crippen molar-refractivity contribution in [1.82, 2.24) is 0 Å². The van der Waals surface area contributed by atoms with E-state index in [-0.39, 0.29) is 19.0 Å². The molecule has 0 amide bonds. The van der Waals surface area contributed by atoms with Gasteiger partial charge in [0.25, 0.3) is 0 Å². The third-order valence-corrected chi connectivity index (χ3v) is 2.87. The lowest BCUT2D eigenvalue weighted by Gasteiger charge is -2.23. The standard InChI is InChI=1S/C14H12O3/c15-11-8-16-14(17-9-11)13-7-3-5-10-4-1-2-6-12(10)13/h1-7,14H,8-9H2. The fraction of sp³-hybridized carbons (Fsp3) is 0.214. The molecule has 0 atom stereocenters. The Morgan fingerprint density at radius 3 is 2.47 bits per heavy atom. The van der Waals surface area contributed by atoms with Gasteiger partial charge in [0.1, 0.15) is 13.2 Å². The Hall–Kier alpha value is -1.71. The molecule has 1 aliphatic rings. The second-order valence-corrected chi connectivity index (χ2v) is 4.06. The second-order valence-electron chi connectivity index (χ2n) is 4.06. The molecule has 2 aromatic rings. The van der Waals surface area contributed by atoms with Crippen molar-refractivity contribution < 1.29 is 14.3 Å². The van der Waals surface area contributed by atoms with E-state index in [1.54, 1.807) is 0 Å². The van der Waals surface area contributed by atoms with Gasteiger partial charge in [-0.1, -0.05) is 42.5 Å². The normalized spacial score (nSPS) is 17.5. The predicted octanol–water partition coefficient (Wildman–Crippen LogP) is 2.45. The van der Waals surface area contributed by atoms with Crippen LogP contribution in [0, 0.1) is 0 Å². The van der Waals surface area contributed by atoms with Crippen LogP contribution >= 0.6 is 0 Å². The van der Waals surface area contributed by atoms with Crippen molar-refractivity contribution in [2.45, 2.75) is 6.29 Å². The first-order valence-electron chi connectivity index (χ1n) is 5.57. The quantitative estimate of drug-likeness (QED) is 0.752. The predicted molar refractivity (Wildman–Crippen MR) is 63.6 cm³/mol. The summed E-state index contributed by atoms with van der Waals surface area (Å²) in [7, 11) is 0. The van der Waals surface area contributed by atoms with E-state index in [1.165, 1.54) is 0 Å². The molecular formula is C14H12O3. The maximum absolute atomic E-state index is 11.1. The van der Waals surface area contributed by atoms with Gasteiger partial charge in [0.15, 0.2) is 12.1 Å². The molecule has 1 fully saturated rings. The maximum Gasteiger partial charge on any atom is 0.185 e. The summed E-state index contributed by atoms with van der Waals surface area (Å²) in [6.07, 6.45) is -0.432. The van der Waals surface area contributed by atoms with Gasteiger partial charge < -0.3 is 9.47 Å². The monoisotopic (exact) mass is 228 g/mol. The number of Topliss-reactive ketones (excluding diaryl/α,β-unsaturated/α-hetero) is 1. The van der Waals surface area contributed by atoms with Crippen LogP contribution in [0.5, 0.6) is 0 Å². The first kappa shape index (κ1) is 10.4. The number of hydrogen-bond donors (Lipinski definition) is 0. The number of hydrogen-bond acceptors (Lipinski definition) is 3. The molecule has 1 aliphatic heterocycles. The zero-order valence-electron chi connectivity index (χ0n) is 9.26. The molecule has 1 heterocycles. The van der Waals surface area contributed by atoms with E-state index in [1.807, 2.05) is 42.5 Å². The molecule has 0 aromatic heterocycles. The lowest BCUT2D eigenvalue weighted by Crippen LogP contribution is -2.26. The van der Waals surface area contributed by atoms with Crippen LogP contribution in [0.3, 0.4) is 0 Å². The molecule has 0 spiro atoms. The summed E-state index contributed by atoms with van der Waals surface area (Å²) in [6.45, 7) is 0.266. The van der Waals surface area contributed by atoms with Crippen molar-refractivity contribution >= 4 is 16.6 Å². The van der Waals surface area contributed by atoms with Gasteiger partial charge in [-0.25, -0.2) is 0 Å². The molecule has 0 radical (unpaired) electrons. The van der Waals surface area contributed by atoms with Gasteiger partial charge in [-0.05, 0) is 10.8 Å². The summed E-state index contributed by atoms with van der Waals surface area (Å²) >= 11 is 0. The van der Waals surface area contributed by atoms with Crippen LogP contribution in [0.2, 0.25) is 0 Å². The van der Waals surface area contributed by atoms with Crippen LogP contribution < -0.4 is 0 Å². The minimum Gasteiger partial charge on any atom is -0.340 e. The van der Waals surface area contributed by atoms with Crippen molar-refractivity contribution in [1.29, 1.82) is 0 Å². The van der Waals surface area contributed by atoms with Crippen LogP contribution in [-0.2, 0) is 14.3 Å². The summed E-state index contributed by atoms with van der Waals surface area (Å²) in [4.78, 5) is 11.1. The largest absolute Gasteiger partial charge is 0.340 e. The van der Waals surface area contributed by atoms with E-state index in [4.69, 9.17) is 9.47 Å². The van der Waals surface area contributed by atoms with E-state index in [2.05, 4.69) is 0 Å². The van der Waals surface area contributed by atoms with Crippen LogP contribution in [0.4, 0.5) is 0 Å². The Labute approximate surface area is 99.0 Å². The number of fused-ring (bicyclic) bond motifs is 1. The van der Waals surface area contributed by atoms with E-state index < -0.39 is 6.29 Å². The van der Waals surface area contributed by atoms with Crippen molar-refractivity contribution in [3.05, 3.63) is 48.0 Å². The molecule has 0 bridgehead atoms. The second kappa shape index (κ2) is 4.28. The minimum atomic E-state index is -0.432. The van der Waals surface area contributed by atoms with E-state index in [0.717, 1.165) is 16.3 Å². The number of ether oxygens (including phenoxy) is 2. The molecule has 3 rings (SSSR count). The van der Waals surface area contributed by atoms with Gasteiger partial charge in [-0.15, -0.1) is 0 Å². The van der Waals surface area contributed by atoms with Gasteiger partial charge in [-0.3, -0.25) is 4.79 Å². The fourth-order valence-electron chi connectivity index (χ4n) is 2.06. The number of carbonyl (C=O) groups excluding carboxylic acids is 1. The topological polar surface area (TPSA) is 35.5 Å². The Bertz CT molecular complexity index is 547. The number of benzene rings is 2. The Balaban J connectivity index is 2.02. The SMILES string of the molecule is O=C1COC(c2cccc3ccccc23)OC1. The Kier molecular flexibility index (Phi) is 2.63. The molecule has 0 aliphatic carbocycles. The highest BCUT2D eigenvalue weighted by atomic mass is 16.7. The van der Waals surface area contributed by atoms with Crippen LogP contribution in [0.15, 0.2) is 42.5 Å². The molecule has 0 unspecified atom stereocenters. The van der Waals surface area contributed by atoms with Crippen LogP contribution in [0.1, 0.15) is 11.9 Å². The molecule has 1 saturated heterocycles. The highest BCUT2D eigenvalue weighted by Gasteiger charge is 2.22. The van der Waals surface area contributed by atoms with Crippen molar-refractivity contribution in [2.75, 3.05) is 13.2 Å². The number of ketones is 1. The first-order valence-corrected chi connectivity index (χ1v) is 5.57. The lowest BCUT2D eigenvalue weighted by atomic mass is 10.0. The summed E-state index contributed by atoms with van der Waals surface area (Å²) in [5.74, 6) is -0.0125. The summed E-state index contributed by atoms with van der Waals surface area (Å²) in [5, 5.41) is 2.25. The average Bonchev–Trinajstić information content (AvgIpc) is 2.39. The van der Waals surface area contributed by atoms with Crippen molar-refractivity contribution in [2.24, 2.45) is 0 Å². The van der Waals surface area contributed by atoms with Crippen molar-refractivity contribution in [3.8, 4) is 0 Å². The minimum absolute atomic E-state index is 0.0125. The lowest BCUT2D eigenvalue weighted by molar-refractivity contribution is -0.188. The molecule has 2 aromatic carbocycles. The Morgan fingerprint density at radius 1 is 0.941 bits per heavy atom. The zero-order chi connectivity index (χ0) is 11.7. The van der Waals surface area contributed by atoms with E-state index in [9.17, 15) is 4.79 Å². The summed E-state index contributed by atoms with van der Waals surface area (Å²) in [6, 6.07) is 14.1. The van der Waals surface area contributed by atoms with Gasteiger partial charge in [0.2, 0.25) is 0 Å². The zero-order valence-corrected chi connectivity index (χ0v) is 9.26. The van der Waals surface area contributed by atoms with Gasteiger partial charge >= 0.3 is 0 Å². The van der Waals surface area contributed by atoms with Gasteiger partial charge in [0.05, 0.1) is 0 Å². The van der Waals surface area contributed by atoms with E-state index in [0.29, 0.717) is 0 Å². The molecule has 17 heavy (non-hydrogen) atoms. The third kappa shape index (κ3) is 1.95. The number of carbonyl (C=O) groups is 1. The molecular weight excluding hydrogens is 216 g/mol. The van der Waals surface area contributed by atoms with Crippen LogP contribution in [-0.4, -0.2) is 19.0 Å². The smallest absolute Gasteiger partial charge is 0.185 e. The highest BCUT2D eigenvalue weighted by Crippen LogP contribution is 2.28. The summed E-state index contributed by atoms with van der Waals surface area (Å²) < 4.78 is 10.8. The van der Waals surface area contributed by atoms with Gasteiger partial charge in [0, 0.05) is 5.56 Å². The fourth-order valence-corrected chi connectivity index (χ4v) is 2.06. The Morgan fingerprint density at radius 2 is 1.65 bits per heavy atom. The van der Waals surface area contributed by atoms with Crippen LogP contribution in [0.25, 0.3) is 10.8 Å². The molecule has 0 saturated carbocycles. The molecule has 86 valence electrons. The third-order valence-electron chi connectivity index (χ3n) is 2.87. The first-order chi connectivity index (χ1) is 8.34. The highest BCUT2D eigenvalue weighted by molar-refractivity contribution is 5.86. The van der Waals surface area contributed by atoms with Crippen molar-refractivity contribution in [3.63, 3.8) is 0 Å². The molecule has 0 N–H and O–H groups in total.